The van der Waals surface area contributed by atoms with E-state index in [-0.39, 0.29) is 24.7 Å². The molecule has 3 aromatic heterocycles. The first-order valence-corrected chi connectivity index (χ1v) is 9.80. The topological polar surface area (TPSA) is 103 Å². The van der Waals surface area contributed by atoms with E-state index in [2.05, 4.69) is 19.9 Å². The Balaban J connectivity index is 1.59. The molecule has 0 radical (unpaired) electrons. The lowest BCUT2D eigenvalue weighted by Gasteiger charge is -2.31. The van der Waals surface area contributed by atoms with Crippen LogP contribution in [0.15, 0.2) is 54.5 Å². The predicted octanol–water partition coefficient (Wildman–Crippen LogP) is 1.03. The summed E-state index contributed by atoms with van der Waals surface area (Å²) < 4.78 is 34.4. The number of aromatic nitrogens is 5. The molecule has 0 amide bonds. The van der Waals surface area contributed by atoms with Gasteiger partial charge in [0.25, 0.3) is 10.0 Å². The Morgan fingerprint density at radius 1 is 1.22 bits per heavy atom. The van der Waals surface area contributed by atoms with E-state index in [1.165, 1.54) is 23.2 Å². The number of ether oxygens (including phenoxy) is 1. The molecule has 0 N–H and O–H groups in total. The van der Waals surface area contributed by atoms with Gasteiger partial charge in [-0.05, 0) is 12.1 Å². The summed E-state index contributed by atoms with van der Waals surface area (Å²) in [6.07, 6.45) is 7.32. The normalized spacial score (nSPS) is 18.5. The van der Waals surface area contributed by atoms with Crippen LogP contribution in [-0.2, 0) is 21.8 Å². The first-order chi connectivity index (χ1) is 13.0. The highest BCUT2D eigenvalue weighted by molar-refractivity contribution is 7.89. The Hall–Kier alpha value is -2.69. The van der Waals surface area contributed by atoms with Crippen LogP contribution in [0, 0.1) is 0 Å². The van der Waals surface area contributed by atoms with Gasteiger partial charge >= 0.3 is 0 Å². The average molecular weight is 386 g/mol. The minimum atomic E-state index is -3.67. The monoisotopic (exact) mass is 386 g/mol. The minimum absolute atomic E-state index is 0.0359. The molecule has 0 bridgehead atoms. The molecule has 0 aliphatic carbocycles. The van der Waals surface area contributed by atoms with Crippen molar-refractivity contribution in [3.8, 4) is 11.3 Å². The molecule has 10 heteroatoms. The molecule has 1 unspecified atom stereocenters. The van der Waals surface area contributed by atoms with Crippen molar-refractivity contribution < 1.29 is 13.2 Å². The zero-order chi connectivity index (χ0) is 18.9. The highest BCUT2D eigenvalue weighted by atomic mass is 32.2. The molecule has 0 saturated carbocycles. The van der Waals surface area contributed by atoms with Crippen LogP contribution in [0.5, 0.6) is 0 Å². The number of rotatable bonds is 4. The Morgan fingerprint density at radius 3 is 2.78 bits per heavy atom. The summed E-state index contributed by atoms with van der Waals surface area (Å²) >= 11 is 0. The zero-order valence-electron chi connectivity index (χ0n) is 14.6. The molecular weight excluding hydrogens is 368 g/mol. The lowest BCUT2D eigenvalue weighted by molar-refractivity contribution is -0.00494. The maximum atomic E-state index is 12.8. The van der Waals surface area contributed by atoms with Crippen LogP contribution in [0.2, 0.25) is 0 Å². The average Bonchev–Trinajstić information content (AvgIpc) is 3.16. The lowest BCUT2D eigenvalue weighted by Crippen LogP contribution is -2.42. The first kappa shape index (κ1) is 17.7. The van der Waals surface area contributed by atoms with Crippen molar-refractivity contribution >= 4 is 10.0 Å². The van der Waals surface area contributed by atoms with Gasteiger partial charge in [-0.2, -0.15) is 4.31 Å². The van der Waals surface area contributed by atoms with Crippen LogP contribution in [0.3, 0.4) is 0 Å². The Morgan fingerprint density at radius 2 is 2.04 bits per heavy atom. The maximum absolute atomic E-state index is 12.8. The molecule has 27 heavy (non-hydrogen) atoms. The fourth-order valence-corrected chi connectivity index (χ4v) is 4.29. The highest BCUT2D eigenvalue weighted by Crippen LogP contribution is 2.26. The summed E-state index contributed by atoms with van der Waals surface area (Å²) in [6, 6.07) is 5.54. The molecule has 4 heterocycles. The number of nitrogens with zero attached hydrogens (tertiary/aromatic N) is 6. The molecule has 9 nitrogen and oxygen atoms in total. The number of morpholine rings is 1. The van der Waals surface area contributed by atoms with Gasteiger partial charge in [-0.25, -0.2) is 28.4 Å². The second-order valence-electron chi connectivity index (χ2n) is 6.17. The molecule has 140 valence electrons. The molecule has 1 saturated heterocycles. The van der Waals surface area contributed by atoms with Crippen molar-refractivity contribution in [3.05, 3.63) is 55.1 Å². The van der Waals surface area contributed by atoms with Crippen LogP contribution >= 0.6 is 0 Å². The van der Waals surface area contributed by atoms with E-state index in [0.717, 1.165) is 5.56 Å². The lowest BCUT2D eigenvalue weighted by atomic mass is 10.1. The summed E-state index contributed by atoms with van der Waals surface area (Å²) in [5.74, 6) is 0. The molecule has 4 rings (SSSR count). The molecule has 0 spiro atoms. The quantitative estimate of drug-likeness (QED) is 0.660. The van der Waals surface area contributed by atoms with Crippen LogP contribution in [-0.4, -0.2) is 56.9 Å². The summed E-state index contributed by atoms with van der Waals surface area (Å²) in [4.78, 5) is 16.6. The van der Waals surface area contributed by atoms with E-state index in [1.54, 1.807) is 24.0 Å². The van der Waals surface area contributed by atoms with Crippen LogP contribution in [0.4, 0.5) is 0 Å². The van der Waals surface area contributed by atoms with Gasteiger partial charge in [-0.15, -0.1) is 0 Å². The third-order valence-corrected chi connectivity index (χ3v) is 6.02. The van der Waals surface area contributed by atoms with E-state index >= 15 is 0 Å². The predicted molar refractivity (Wildman–Crippen MR) is 95.9 cm³/mol. The van der Waals surface area contributed by atoms with Crippen LogP contribution in [0.25, 0.3) is 11.3 Å². The fourth-order valence-electron chi connectivity index (χ4n) is 2.90. The summed E-state index contributed by atoms with van der Waals surface area (Å²) in [6.45, 7) is 0.749. The van der Waals surface area contributed by atoms with Gasteiger partial charge in [0.1, 0.15) is 12.4 Å². The molecule has 1 atom stereocenters. The third kappa shape index (κ3) is 3.59. The van der Waals surface area contributed by atoms with Gasteiger partial charge in [0, 0.05) is 44.3 Å². The molecule has 0 aromatic carbocycles. The smallest absolute Gasteiger partial charge is 0.262 e. The van der Waals surface area contributed by atoms with Crippen molar-refractivity contribution in [1.82, 2.24) is 28.8 Å². The maximum Gasteiger partial charge on any atom is 0.262 e. The Bertz CT molecular complexity index is 1040. The molecular formula is C17H18N6O3S. The van der Waals surface area contributed by atoms with Crippen molar-refractivity contribution in [1.29, 1.82) is 0 Å². The first-order valence-electron chi connectivity index (χ1n) is 8.36. The van der Waals surface area contributed by atoms with Gasteiger partial charge in [-0.1, -0.05) is 6.07 Å². The third-order valence-electron chi connectivity index (χ3n) is 4.27. The minimum Gasteiger partial charge on any atom is -0.369 e. The molecule has 1 aliphatic heterocycles. The van der Waals surface area contributed by atoms with E-state index in [1.807, 2.05) is 18.2 Å². The highest BCUT2D eigenvalue weighted by Gasteiger charge is 2.33. The van der Waals surface area contributed by atoms with Crippen molar-refractivity contribution in [2.45, 2.75) is 11.1 Å². The van der Waals surface area contributed by atoms with Crippen LogP contribution in [0.1, 0.15) is 11.8 Å². The number of imidazole rings is 1. The second-order valence-corrected chi connectivity index (χ2v) is 8.06. The SMILES string of the molecule is Cn1cnc(S(=O)(=O)N2CCOC(c3cccc(-c4cncnc4)n3)C2)c1. The number of aryl methyl sites for hydroxylation is 1. The van der Waals surface area contributed by atoms with Gasteiger partial charge in [0.05, 0.1) is 24.3 Å². The van der Waals surface area contributed by atoms with Crippen molar-refractivity contribution in [2.24, 2.45) is 7.05 Å². The second kappa shape index (κ2) is 7.14. The van der Waals surface area contributed by atoms with Gasteiger partial charge < -0.3 is 9.30 Å². The summed E-state index contributed by atoms with van der Waals surface area (Å²) in [7, 11) is -1.94. The van der Waals surface area contributed by atoms with Gasteiger partial charge in [0.2, 0.25) is 0 Å². The summed E-state index contributed by atoms with van der Waals surface area (Å²) in [5, 5.41) is 0.0359. The Kier molecular flexibility index (Phi) is 4.68. The standard InChI is InChI=1S/C17H18N6O3S/c1-22-10-17(20-12-22)27(24,25)23-5-6-26-16(9-23)15-4-2-3-14(21-15)13-7-18-11-19-8-13/h2-4,7-8,10-12,16H,5-6,9H2,1H3. The molecule has 1 fully saturated rings. The molecule has 1 aliphatic rings. The van der Waals surface area contributed by atoms with E-state index in [4.69, 9.17) is 4.74 Å². The summed E-state index contributed by atoms with van der Waals surface area (Å²) in [5.41, 5.74) is 2.16. The number of pyridine rings is 1. The van der Waals surface area contributed by atoms with E-state index in [9.17, 15) is 8.42 Å². The fraction of sp³-hybridized carbons (Fsp3) is 0.294. The van der Waals surface area contributed by atoms with Crippen LogP contribution < -0.4 is 0 Å². The van der Waals surface area contributed by atoms with Crippen molar-refractivity contribution in [2.75, 3.05) is 19.7 Å². The molecule has 3 aromatic rings. The Labute approximate surface area is 156 Å². The van der Waals surface area contributed by atoms with Crippen molar-refractivity contribution in [3.63, 3.8) is 0 Å². The largest absolute Gasteiger partial charge is 0.369 e. The number of hydrogen-bond donors (Lipinski definition) is 0. The van der Waals surface area contributed by atoms with E-state index < -0.39 is 16.1 Å². The van der Waals surface area contributed by atoms with Gasteiger partial charge in [0.15, 0.2) is 5.03 Å². The number of hydrogen-bond acceptors (Lipinski definition) is 7. The van der Waals surface area contributed by atoms with E-state index in [0.29, 0.717) is 11.4 Å². The zero-order valence-corrected chi connectivity index (χ0v) is 15.5. The van der Waals surface area contributed by atoms with Gasteiger partial charge in [-0.3, -0.25) is 0 Å². The number of sulfonamides is 1.